The minimum absolute atomic E-state index is 0.00492. The number of rotatable bonds is 6. The number of nitrogens with one attached hydrogen (secondary N) is 1. The molecule has 25 heavy (non-hydrogen) atoms. The summed E-state index contributed by atoms with van der Waals surface area (Å²) in [5.41, 5.74) is 2.39. The molecular formula is C19H24N2O4. The van der Waals surface area contributed by atoms with Crippen molar-refractivity contribution in [1.82, 2.24) is 9.88 Å². The maximum Gasteiger partial charge on any atom is 0.303 e. The highest BCUT2D eigenvalue weighted by molar-refractivity contribution is 5.85. The summed E-state index contributed by atoms with van der Waals surface area (Å²) in [5.74, 6) is -0.841. The number of nitrogens with zero attached hydrogens (tertiary/aromatic N) is 1. The number of aromatic amines is 1. The van der Waals surface area contributed by atoms with E-state index in [1.807, 2.05) is 18.2 Å². The Kier molecular flexibility index (Phi) is 4.81. The molecule has 134 valence electrons. The van der Waals surface area contributed by atoms with Gasteiger partial charge in [-0.25, -0.2) is 0 Å². The molecule has 2 aromatic rings. The lowest BCUT2D eigenvalue weighted by Gasteiger charge is -2.37. The smallest absolute Gasteiger partial charge is 0.303 e. The van der Waals surface area contributed by atoms with Crippen molar-refractivity contribution in [1.29, 1.82) is 0 Å². The van der Waals surface area contributed by atoms with Crippen LogP contribution in [0.3, 0.4) is 0 Å². The van der Waals surface area contributed by atoms with E-state index in [9.17, 15) is 14.7 Å². The lowest BCUT2D eigenvalue weighted by atomic mass is 9.83. The Labute approximate surface area is 146 Å². The number of aromatic nitrogens is 1. The van der Waals surface area contributed by atoms with E-state index in [1.54, 1.807) is 19.0 Å². The van der Waals surface area contributed by atoms with E-state index >= 15 is 0 Å². The Balaban J connectivity index is 2.00. The molecule has 0 fully saturated rings. The molecule has 1 atom stereocenters. The van der Waals surface area contributed by atoms with Crippen molar-refractivity contribution in [3.05, 3.63) is 35.5 Å². The van der Waals surface area contributed by atoms with Gasteiger partial charge < -0.3 is 19.7 Å². The summed E-state index contributed by atoms with van der Waals surface area (Å²) in [5, 5.41) is 10.3. The predicted molar refractivity (Wildman–Crippen MR) is 94.4 cm³/mol. The Bertz CT molecular complexity index is 796. The Morgan fingerprint density at radius 1 is 1.24 bits per heavy atom. The molecule has 3 rings (SSSR count). The van der Waals surface area contributed by atoms with Crippen molar-refractivity contribution in [2.45, 2.75) is 37.7 Å². The highest BCUT2D eigenvalue weighted by Crippen LogP contribution is 2.43. The van der Waals surface area contributed by atoms with Crippen molar-refractivity contribution < 1.29 is 19.4 Å². The number of hydrogen-bond acceptors (Lipinski definition) is 3. The summed E-state index contributed by atoms with van der Waals surface area (Å²) in [7, 11) is 3.45. The van der Waals surface area contributed by atoms with Gasteiger partial charge in [-0.05, 0) is 30.9 Å². The van der Waals surface area contributed by atoms with Crippen LogP contribution >= 0.6 is 0 Å². The van der Waals surface area contributed by atoms with Gasteiger partial charge in [-0.15, -0.1) is 0 Å². The van der Waals surface area contributed by atoms with E-state index in [2.05, 4.69) is 11.1 Å². The van der Waals surface area contributed by atoms with E-state index in [4.69, 9.17) is 4.74 Å². The SMILES string of the molecule is CN(C)C(=O)CCC1(CCC(=O)O)OCCc2c1[nH]c1ccccc21. The van der Waals surface area contributed by atoms with Crippen LogP contribution in [0.15, 0.2) is 24.3 Å². The van der Waals surface area contributed by atoms with E-state index in [1.165, 1.54) is 5.56 Å². The number of ether oxygens (including phenoxy) is 1. The van der Waals surface area contributed by atoms with E-state index < -0.39 is 11.6 Å². The Morgan fingerprint density at radius 3 is 2.68 bits per heavy atom. The van der Waals surface area contributed by atoms with Gasteiger partial charge in [0.1, 0.15) is 5.60 Å². The van der Waals surface area contributed by atoms with Gasteiger partial charge in [0.25, 0.3) is 0 Å². The number of para-hydroxylation sites is 1. The van der Waals surface area contributed by atoms with Crippen LogP contribution in [0, 0.1) is 0 Å². The summed E-state index contributed by atoms with van der Waals surface area (Å²) in [4.78, 5) is 28.3. The van der Waals surface area contributed by atoms with Crippen LogP contribution in [0.4, 0.5) is 0 Å². The molecule has 0 saturated carbocycles. The van der Waals surface area contributed by atoms with Gasteiger partial charge in [0.2, 0.25) is 5.91 Å². The molecule has 0 bridgehead atoms. The van der Waals surface area contributed by atoms with Crippen LogP contribution < -0.4 is 0 Å². The normalized spacial score (nSPS) is 19.6. The zero-order chi connectivity index (χ0) is 18.0. The summed E-state index contributed by atoms with van der Waals surface area (Å²) in [6.07, 6.45) is 1.93. The summed E-state index contributed by atoms with van der Waals surface area (Å²) in [6.45, 7) is 0.532. The summed E-state index contributed by atoms with van der Waals surface area (Å²) in [6, 6.07) is 8.06. The number of H-pyrrole nitrogens is 1. The maximum atomic E-state index is 12.1. The summed E-state index contributed by atoms with van der Waals surface area (Å²) >= 11 is 0. The number of amides is 1. The van der Waals surface area contributed by atoms with Crippen LogP contribution in [-0.2, 0) is 26.3 Å². The third kappa shape index (κ3) is 3.39. The Morgan fingerprint density at radius 2 is 1.96 bits per heavy atom. The quantitative estimate of drug-likeness (QED) is 0.844. The Hall–Kier alpha value is -2.34. The van der Waals surface area contributed by atoms with Crippen molar-refractivity contribution in [3.8, 4) is 0 Å². The van der Waals surface area contributed by atoms with E-state index in [0.29, 0.717) is 25.9 Å². The lowest BCUT2D eigenvalue weighted by molar-refractivity contribution is -0.141. The largest absolute Gasteiger partial charge is 0.481 e. The van der Waals surface area contributed by atoms with Crippen LogP contribution in [-0.4, -0.2) is 47.6 Å². The molecule has 6 nitrogen and oxygen atoms in total. The number of carbonyl (C=O) groups excluding carboxylic acids is 1. The van der Waals surface area contributed by atoms with Crippen molar-refractivity contribution >= 4 is 22.8 Å². The first-order chi connectivity index (χ1) is 11.9. The number of aliphatic carboxylic acids is 1. The highest BCUT2D eigenvalue weighted by Gasteiger charge is 2.40. The van der Waals surface area contributed by atoms with Gasteiger partial charge in [0, 0.05) is 37.8 Å². The van der Waals surface area contributed by atoms with Gasteiger partial charge in [-0.3, -0.25) is 9.59 Å². The number of carbonyl (C=O) groups is 2. The second-order valence-corrected chi connectivity index (χ2v) is 6.80. The van der Waals surface area contributed by atoms with Gasteiger partial charge >= 0.3 is 5.97 Å². The average molecular weight is 344 g/mol. The zero-order valence-electron chi connectivity index (χ0n) is 14.7. The molecule has 6 heteroatoms. The number of carboxylic acid groups (broad SMARTS) is 1. The topological polar surface area (TPSA) is 82.6 Å². The third-order valence-electron chi connectivity index (χ3n) is 4.98. The van der Waals surface area contributed by atoms with Gasteiger partial charge in [-0.2, -0.15) is 0 Å². The molecule has 0 aliphatic carbocycles. The van der Waals surface area contributed by atoms with Crippen molar-refractivity contribution in [2.24, 2.45) is 0 Å². The van der Waals surface area contributed by atoms with Crippen LogP contribution in [0.1, 0.15) is 36.9 Å². The lowest BCUT2D eigenvalue weighted by Crippen LogP contribution is -2.38. The third-order valence-corrected chi connectivity index (χ3v) is 4.98. The molecule has 0 spiro atoms. The molecule has 2 N–H and O–H groups in total. The molecule has 1 amide bonds. The molecule has 1 aliphatic heterocycles. The number of hydrogen-bond donors (Lipinski definition) is 2. The first-order valence-corrected chi connectivity index (χ1v) is 8.59. The molecule has 1 aromatic heterocycles. The van der Waals surface area contributed by atoms with Gasteiger partial charge in [0.05, 0.1) is 12.3 Å². The molecule has 1 aliphatic rings. The molecule has 1 unspecified atom stereocenters. The van der Waals surface area contributed by atoms with Crippen LogP contribution in [0.2, 0.25) is 0 Å². The van der Waals surface area contributed by atoms with Crippen molar-refractivity contribution in [3.63, 3.8) is 0 Å². The molecule has 0 saturated heterocycles. The van der Waals surface area contributed by atoms with Crippen LogP contribution in [0.25, 0.3) is 10.9 Å². The number of carboxylic acids is 1. The standard InChI is InChI=1S/C19H24N2O4/c1-21(2)16(22)7-10-19(11-8-17(23)24)18-14(9-12-25-19)13-5-3-4-6-15(13)20-18/h3-6,20H,7-12H2,1-2H3,(H,23,24). The maximum absolute atomic E-state index is 12.1. The fraction of sp³-hybridized carbons (Fsp3) is 0.474. The second kappa shape index (κ2) is 6.88. The second-order valence-electron chi connectivity index (χ2n) is 6.80. The number of benzene rings is 1. The molecular weight excluding hydrogens is 320 g/mol. The monoisotopic (exact) mass is 344 g/mol. The van der Waals surface area contributed by atoms with E-state index in [-0.39, 0.29) is 12.3 Å². The molecule has 1 aromatic carbocycles. The minimum atomic E-state index is -0.856. The van der Waals surface area contributed by atoms with Crippen molar-refractivity contribution in [2.75, 3.05) is 20.7 Å². The predicted octanol–water partition coefficient (Wildman–Crippen LogP) is 2.67. The average Bonchev–Trinajstić information content (AvgIpc) is 2.98. The zero-order valence-corrected chi connectivity index (χ0v) is 14.7. The number of fused-ring (bicyclic) bond motifs is 3. The molecule has 0 radical (unpaired) electrons. The van der Waals surface area contributed by atoms with Gasteiger partial charge in [-0.1, -0.05) is 18.2 Å². The fourth-order valence-corrected chi connectivity index (χ4v) is 3.63. The van der Waals surface area contributed by atoms with Crippen LogP contribution in [0.5, 0.6) is 0 Å². The first kappa shape index (κ1) is 17.5. The molecule has 2 heterocycles. The summed E-state index contributed by atoms with van der Waals surface area (Å²) < 4.78 is 6.14. The highest BCUT2D eigenvalue weighted by atomic mass is 16.5. The first-order valence-electron chi connectivity index (χ1n) is 8.59. The van der Waals surface area contributed by atoms with E-state index in [0.717, 1.165) is 23.0 Å². The fourth-order valence-electron chi connectivity index (χ4n) is 3.63. The minimum Gasteiger partial charge on any atom is -0.481 e. The van der Waals surface area contributed by atoms with Gasteiger partial charge in [0.15, 0.2) is 0 Å².